The van der Waals surface area contributed by atoms with Crippen LogP contribution in [0.1, 0.15) is 40.8 Å². The first-order valence-electron chi connectivity index (χ1n) is 9.42. The first-order chi connectivity index (χ1) is 13.0. The van der Waals surface area contributed by atoms with Crippen molar-refractivity contribution < 1.29 is 15.0 Å². The first kappa shape index (κ1) is 17.9. The summed E-state index contributed by atoms with van der Waals surface area (Å²) < 4.78 is 0. The monoisotopic (exact) mass is 367 g/mol. The maximum Gasteiger partial charge on any atom is 0.241 e. The molecule has 1 atom stereocenters. The van der Waals surface area contributed by atoms with E-state index in [0.717, 1.165) is 24.9 Å². The number of pyridine rings is 1. The van der Waals surface area contributed by atoms with E-state index in [1.807, 2.05) is 12.1 Å². The van der Waals surface area contributed by atoms with E-state index < -0.39 is 5.54 Å². The fourth-order valence-electron chi connectivity index (χ4n) is 4.45. The maximum atomic E-state index is 13.1. The highest BCUT2D eigenvalue weighted by Crippen LogP contribution is 2.38. The van der Waals surface area contributed by atoms with E-state index in [-0.39, 0.29) is 18.3 Å². The number of hydrogen-bond donors (Lipinski definition) is 3. The highest BCUT2D eigenvalue weighted by atomic mass is 16.3. The molecule has 6 heteroatoms. The van der Waals surface area contributed by atoms with Crippen LogP contribution >= 0.6 is 0 Å². The summed E-state index contributed by atoms with van der Waals surface area (Å²) >= 11 is 0. The molecule has 1 amide bonds. The van der Waals surface area contributed by atoms with Gasteiger partial charge in [-0.15, -0.1) is 0 Å². The van der Waals surface area contributed by atoms with E-state index >= 15 is 0 Å². The van der Waals surface area contributed by atoms with Crippen LogP contribution in [0.2, 0.25) is 0 Å². The van der Waals surface area contributed by atoms with Gasteiger partial charge in [0.05, 0.1) is 12.3 Å². The largest absolute Gasteiger partial charge is 0.506 e. The van der Waals surface area contributed by atoms with Gasteiger partial charge in [0.15, 0.2) is 0 Å². The molecule has 0 radical (unpaired) electrons. The summed E-state index contributed by atoms with van der Waals surface area (Å²) in [7, 11) is 0. The van der Waals surface area contributed by atoms with Crippen LogP contribution in [-0.4, -0.2) is 38.1 Å². The number of nitrogens with one attached hydrogen (secondary N) is 1. The number of aliphatic hydroxyl groups is 1. The van der Waals surface area contributed by atoms with Crippen LogP contribution in [0.15, 0.2) is 30.5 Å². The van der Waals surface area contributed by atoms with Crippen LogP contribution in [0.3, 0.4) is 0 Å². The summed E-state index contributed by atoms with van der Waals surface area (Å²) in [5.41, 5.74) is 3.54. The molecule has 142 valence electrons. The lowest BCUT2D eigenvalue weighted by molar-refractivity contribution is -0.132. The van der Waals surface area contributed by atoms with Gasteiger partial charge in [0.2, 0.25) is 5.91 Å². The van der Waals surface area contributed by atoms with Crippen LogP contribution in [0, 0.1) is 6.92 Å². The lowest BCUT2D eigenvalue weighted by Gasteiger charge is -2.37. The van der Waals surface area contributed by atoms with Crippen molar-refractivity contribution in [3.8, 4) is 5.75 Å². The van der Waals surface area contributed by atoms with Gasteiger partial charge in [0.1, 0.15) is 11.3 Å². The van der Waals surface area contributed by atoms with E-state index in [0.29, 0.717) is 36.3 Å². The standard InChI is InChI=1S/C21H25N3O3/c1-14-19(26)18(17(13-25)11-22-14)12-24-8-4-7-21(24)9-15-5-2-3-6-16(15)10-23-20(21)27/h2-3,5-6,11,25-26H,4,7-10,12-13H2,1H3,(H,23,27). The molecule has 0 aliphatic carbocycles. The Labute approximate surface area is 158 Å². The van der Waals surface area contributed by atoms with Gasteiger partial charge < -0.3 is 15.5 Å². The summed E-state index contributed by atoms with van der Waals surface area (Å²) in [6.45, 7) is 3.30. The highest BCUT2D eigenvalue weighted by molar-refractivity contribution is 5.87. The van der Waals surface area contributed by atoms with Gasteiger partial charge >= 0.3 is 0 Å². The number of aliphatic hydroxyl groups excluding tert-OH is 1. The first-order valence-corrected chi connectivity index (χ1v) is 9.42. The summed E-state index contributed by atoms with van der Waals surface area (Å²) in [6.07, 6.45) is 3.98. The number of hydrogen-bond acceptors (Lipinski definition) is 5. The van der Waals surface area contributed by atoms with Crippen molar-refractivity contribution in [3.05, 3.63) is 58.4 Å². The van der Waals surface area contributed by atoms with Gasteiger partial charge in [-0.3, -0.25) is 14.7 Å². The Morgan fingerprint density at radius 2 is 2.07 bits per heavy atom. The average molecular weight is 367 g/mol. The van der Waals surface area contributed by atoms with Crippen LogP contribution in [0.5, 0.6) is 5.75 Å². The number of nitrogens with zero attached hydrogens (tertiary/aromatic N) is 2. The summed E-state index contributed by atoms with van der Waals surface area (Å²) in [6, 6.07) is 8.18. The van der Waals surface area contributed by atoms with E-state index in [2.05, 4.69) is 27.3 Å². The second-order valence-electron chi connectivity index (χ2n) is 7.54. The van der Waals surface area contributed by atoms with Gasteiger partial charge in [-0.05, 0) is 37.4 Å². The Bertz CT molecular complexity index is 883. The van der Waals surface area contributed by atoms with E-state index in [4.69, 9.17) is 0 Å². The Hall–Kier alpha value is -2.44. The molecule has 6 nitrogen and oxygen atoms in total. The lowest BCUT2D eigenvalue weighted by atomic mass is 9.86. The van der Waals surface area contributed by atoms with Crippen LogP contribution in [0.4, 0.5) is 0 Å². The average Bonchev–Trinajstić information content (AvgIpc) is 3.01. The van der Waals surface area contributed by atoms with Crippen LogP contribution < -0.4 is 5.32 Å². The molecular weight excluding hydrogens is 342 g/mol. The molecule has 2 aliphatic heterocycles. The third kappa shape index (κ3) is 2.99. The summed E-state index contributed by atoms with van der Waals surface area (Å²) in [5.74, 6) is 0.157. The SMILES string of the molecule is Cc1ncc(CO)c(CN2CCCC23Cc2ccccc2CNC3=O)c1O. The zero-order valence-corrected chi connectivity index (χ0v) is 15.5. The number of likely N-dealkylation sites (tertiary alicyclic amines) is 1. The van der Waals surface area contributed by atoms with Crippen molar-refractivity contribution in [1.29, 1.82) is 0 Å². The van der Waals surface area contributed by atoms with E-state index in [1.165, 1.54) is 5.56 Å². The van der Waals surface area contributed by atoms with Gasteiger partial charge in [0.25, 0.3) is 0 Å². The molecule has 1 saturated heterocycles. The van der Waals surface area contributed by atoms with Gasteiger partial charge in [-0.25, -0.2) is 0 Å². The zero-order chi connectivity index (χ0) is 19.0. The van der Waals surface area contributed by atoms with Crippen molar-refractivity contribution in [2.24, 2.45) is 0 Å². The molecule has 1 unspecified atom stereocenters. The number of benzene rings is 1. The molecule has 4 rings (SSSR count). The number of carbonyl (C=O) groups excluding carboxylic acids is 1. The number of amides is 1. The van der Waals surface area contributed by atoms with Crippen molar-refractivity contribution in [2.75, 3.05) is 6.54 Å². The molecule has 27 heavy (non-hydrogen) atoms. The van der Waals surface area contributed by atoms with E-state index in [9.17, 15) is 15.0 Å². The van der Waals surface area contributed by atoms with Crippen molar-refractivity contribution in [2.45, 2.75) is 51.4 Å². The van der Waals surface area contributed by atoms with Gasteiger partial charge in [-0.1, -0.05) is 24.3 Å². The maximum absolute atomic E-state index is 13.1. The Morgan fingerprint density at radius 3 is 2.85 bits per heavy atom. The van der Waals surface area contributed by atoms with Crippen molar-refractivity contribution in [3.63, 3.8) is 0 Å². The topological polar surface area (TPSA) is 85.7 Å². The second-order valence-corrected chi connectivity index (χ2v) is 7.54. The molecular formula is C21H25N3O3. The molecule has 1 aromatic heterocycles. The summed E-state index contributed by atoms with van der Waals surface area (Å²) in [4.78, 5) is 19.4. The molecule has 3 N–H and O–H groups in total. The smallest absolute Gasteiger partial charge is 0.241 e. The third-order valence-corrected chi connectivity index (χ3v) is 6.04. The zero-order valence-electron chi connectivity index (χ0n) is 15.5. The molecule has 2 aromatic rings. The number of rotatable bonds is 3. The third-order valence-electron chi connectivity index (χ3n) is 6.04. The highest BCUT2D eigenvalue weighted by Gasteiger charge is 2.48. The Balaban J connectivity index is 1.72. The quantitative estimate of drug-likeness (QED) is 0.770. The molecule has 1 aromatic carbocycles. The Morgan fingerprint density at radius 1 is 1.30 bits per heavy atom. The molecule has 1 spiro atoms. The minimum absolute atomic E-state index is 0.0482. The van der Waals surface area contributed by atoms with Crippen molar-refractivity contribution in [1.82, 2.24) is 15.2 Å². The number of aromatic nitrogens is 1. The molecule has 2 aliphatic rings. The number of fused-ring (bicyclic) bond motifs is 1. The lowest BCUT2D eigenvalue weighted by Crippen LogP contribution is -2.55. The fourth-order valence-corrected chi connectivity index (χ4v) is 4.45. The van der Waals surface area contributed by atoms with Crippen LogP contribution in [0.25, 0.3) is 0 Å². The fraction of sp³-hybridized carbons (Fsp3) is 0.429. The second kappa shape index (κ2) is 6.94. The van der Waals surface area contributed by atoms with E-state index in [1.54, 1.807) is 13.1 Å². The number of aromatic hydroxyl groups is 1. The normalized spacial score (nSPS) is 22.5. The number of carbonyl (C=O) groups is 1. The Kier molecular flexibility index (Phi) is 4.61. The predicted molar refractivity (Wildman–Crippen MR) is 101 cm³/mol. The van der Waals surface area contributed by atoms with Gasteiger partial charge in [0, 0.05) is 36.8 Å². The minimum Gasteiger partial charge on any atom is -0.506 e. The molecule has 0 saturated carbocycles. The minimum atomic E-state index is -0.622. The predicted octanol–water partition coefficient (Wildman–Crippen LogP) is 1.80. The number of aryl methyl sites for hydroxylation is 1. The van der Waals surface area contributed by atoms with Crippen molar-refractivity contribution >= 4 is 5.91 Å². The van der Waals surface area contributed by atoms with Crippen LogP contribution in [-0.2, 0) is 30.9 Å². The molecule has 3 heterocycles. The summed E-state index contributed by atoms with van der Waals surface area (Å²) in [5, 5.41) is 23.3. The molecule has 1 fully saturated rings. The van der Waals surface area contributed by atoms with Gasteiger partial charge in [-0.2, -0.15) is 0 Å². The molecule has 0 bridgehead atoms.